The number of likely N-dealkylation sites (tertiary alicyclic amines) is 1. The van der Waals surface area contributed by atoms with Crippen LogP contribution in [-0.2, 0) is 11.2 Å². The zero-order valence-electron chi connectivity index (χ0n) is 14.6. The van der Waals surface area contributed by atoms with Crippen molar-refractivity contribution in [2.75, 3.05) is 13.1 Å². The van der Waals surface area contributed by atoms with E-state index in [1.165, 1.54) is 24.5 Å². The highest BCUT2D eigenvalue weighted by Crippen LogP contribution is 2.23. The lowest BCUT2D eigenvalue weighted by atomic mass is 9.97. The van der Waals surface area contributed by atoms with Crippen LogP contribution in [0.1, 0.15) is 41.7 Å². The number of aromatic nitrogens is 2. The Bertz CT molecular complexity index is 805. The molecule has 2 aromatic rings. The molecule has 3 rings (SSSR count). The lowest BCUT2D eigenvalue weighted by Gasteiger charge is -2.34. The fraction of sp³-hybridized carbons (Fsp3) is 0.421. The number of carbonyl (C=O) groups excluding carboxylic acids is 1. The van der Waals surface area contributed by atoms with Gasteiger partial charge in [-0.2, -0.15) is 5.10 Å². The highest BCUT2D eigenvalue weighted by atomic mass is 19.1. The highest BCUT2D eigenvalue weighted by Gasteiger charge is 2.28. The number of nitrogens with zero attached hydrogens (tertiary/aromatic N) is 3. The fourth-order valence-electron chi connectivity index (χ4n) is 3.44. The molecule has 1 N–H and O–H groups in total. The maximum Gasteiger partial charge on any atom is 0.338 e. The first-order valence-corrected chi connectivity index (χ1v) is 8.74. The van der Waals surface area contributed by atoms with Gasteiger partial charge >= 0.3 is 5.97 Å². The minimum Gasteiger partial charge on any atom is -0.478 e. The van der Waals surface area contributed by atoms with Crippen molar-refractivity contribution in [3.8, 4) is 0 Å². The smallest absolute Gasteiger partial charge is 0.338 e. The number of rotatable bonds is 5. The van der Waals surface area contributed by atoms with Crippen molar-refractivity contribution >= 4 is 11.9 Å². The molecule has 138 valence electrons. The highest BCUT2D eigenvalue weighted by molar-refractivity contribution is 5.86. The number of carboxylic acid groups (broad SMARTS) is 1. The SMILES string of the molecule is CC(Cc1cccc(F)c1)C(=O)N1CCCC(n2cc(C(=O)O)cn2)C1. The second kappa shape index (κ2) is 7.68. The van der Waals surface area contributed by atoms with E-state index < -0.39 is 5.97 Å². The number of hydrogen-bond acceptors (Lipinski definition) is 3. The van der Waals surface area contributed by atoms with Crippen molar-refractivity contribution < 1.29 is 19.1 Å². The Morgan fingerprint density at radius 1 is 1.42 bits per heavy atom. The molecular weight excluding hydrogens is 337 g/mol. The van der Waals surface area contributed by atoms with Crippen molar-refractivity contribution in [3.63, 3.8) is 0 Å². The molecule has 0 saturated carbocycles. The molecule has 2 atom stereocenters. The van der Waals surface area contributed by atoms with E-state index in [0.717, 1.165) is 18.4 Å². The van der Waals surface area contributed by atoms with Gasteiger partial charge in [0.15, 0.2) is 0 Å². The van der Waals surface area contributed by atoms with Gasteiger partial charge in [-0.15, -0.1) is 0 Å². The fourth-order valence-corrected chi connectivity index (χ4v) is 3.44. The molecule has 1 aromatic heterocycles. The third-order valence-electron chi connectivity index (χ3n) is 4.78. The van der Waals surface area contributed by atoms with E-state index >= 15 is 0 Å². The molecule has 0 spiro atoms. The van der Waals surface area contributed by atoms with Gasteiger partial charge in [-0.3, -0.25) is 9.48 Å². The van der Waals surface area contributed by atoms with Crippen molar-refractivity contribution in [3.05, 3.63) is 53.6 Å². The van der Waals surface area contributed by atoms with E-state index in [-0.39, 0.29) is 29.2 Å². The molecule has 7 heteroatoms. The summed E-state index contributed by atoms with van der Waals surface area (Å²) in [5.41, 5.74) is 0.950. The van der Waals surface area contributed by atoms with Gasteiger partial charge < -0.3 is 10.0 Å². The Morgan fingerprint density at radius 3 is 2.92 bits per heavy atom. The Morgan fingerprint density at radius 2 is 2.23 bits per heavy atom. The first kappa shape index (κ1) is 18.1. The van der Waals surface area contributed by atoms with Crippen LogP contribution in [0.4, 0.5) is 4.39 Å². The van der Waals surface area contributed by atoms with E-state index in [1.807, 2.05) is 13.0 Å². The zero-order valence-corrected chi connectivity index (χ0v) is 14.6. The number of carboxylic acids is 1. The van der Waals surface area contributed by atoms with E-state index in [2.05, 4.69) is 5.10 Å². The molecule has 1 amide bonds. The molecule has 2 unspecified atom stereocenters. The van der Waals surface area contributed by atoms with Gasteiger partial charge in [0, 0.05) is 25.2 Å². The quantitative estimate of drug-likeness (QED) is 0.891. The van der Waals surface area contributed by atoms with E-state index in [0.29, 0.717) is 19.5 Å². The number of amides is 1. The number of halogens is 1. The van der Waals surface area contributed by atoms with Crippen LogP contribution in [0.15, 0.2) is 36.7 Å². The summed E-state index contributed by atoms with van der Waals surface area (Å²) in [5.74, 6) is -1.52. The summed E-state index contributed by atoms with van der Waals surface area (Å²) in [5, 5.41) is 13.2. The van der Waals surface area contributed by atoms with Crippen LogP contribution in [0.3, 0.4) is 0 Å². The van der Waals surface area contributed by atoms with E-state index in [1.54, 1.807) is 15.6 Å². The Labute approximate surface area is 151 Å². The average Bonchev–Trinajstić information content (AvgIpc) is 3.12. The summed E-state index contributed by atoms with van der Waals surface area (Å²) in [6.07, 6.45) is 5.02. The minimum atomic E-state index is -1.01. The van der Waals surface area contributed by atoms with Crippen LogP contribution in [0.5, 0.6) is 0 Å². The van der Waals surface area contributed by atoms with Crippen molar-refractivity contribution in [2.45, 2.75) is 32.2 Å². The zero-order chi connectivity index (χ0) is 18.7. The Balaban J connectivity index is 1.64. The molecule has 26 heavy (non-hydrogen) atoms. The van der Waals surface area contributed by atoms with Crippen LogP contribution in [-0.4, -0.2) is 44.8 Å². The minimum absolute atomic E-state index is 0.0258. The van der Waals surface area contributed by atoms with Crippen molar-refractivity contribution in [2.24, 2.45) is 5.92 Å². The number of hydrogen-bond donors (Lipinski definition) is 1. The third kappa shape index (κ3) is 4.09. The standard InChI is InChI=1S/C19H22FN3O3/c1-13(8-14-4-2-5-16(20)9-14)18(24)22-7-3-6-17(12-22)23-11-15(10-21-23)19(25)26/h2,4-5,9-11,13,17H,3,6-8,12H2,1H3,(H,25,26). The lowest BCUT2D eigenvalue weighted by molar-refractivity contribution is -0.136. The first-order valence-electron chi connectivity index (χ1n) is 8.74. The monoisotopic (exact) mass is 359 g/mol. The van der Waals surface area contributed by atoms with Crippen LogP contribution in [0, 0.1) is 11.7 Å². The van der Waals surface area contributed by atoms with Crippen molar-refractivity contribution in [1.29, 1.82) is 0 Å². The maximum atomic E-state index is 13.3. The first-order chi connectivity index (χ1) is 12.4. The van der Waals surface area contributed by atoms with Gasteiger partial charge in [0.2, 0.25) is 5.91 Å². The predicted octanol–water partition coefficient (Wildman–Crippen LogP) is 2.76. The molecule has 6 nitrogen and oxygen atoms in total. The second-order valence-corrected chi connectivity index (χ2v) is 6.83. The predicted molar refractivity (Wildman–Crippen MR) is 93.3 cm³/mol. The normalized spacial score (nSPS) is 18.5. The summed E-state index contributed by atoms with van der Waals surface area (Å²) < 4.78 is 15.0. The Hall–Kier alpha value is -2.70. The molecule has 1 aliphatic rings. The summed E-state index contributed by atoms with van der Waals surface area (Å²) in [6, 6.07) is 6.29. The molecule has 1 saturated heterocycles. The molecule has 0 bridgehead atoms. The average molecular weight is 359 g/mol. The summed E-state index contributed by atoms with van der Waals surface area (Å²) in [6.45, 7) is 3.04. The molecule has 2 heterocycles. The molecule has 1 aromatic carbocycles. The topological polar surface area (TPSA) is 75.4 Å². The number of benzene rings is 1. The second-order valence-electron chi connectivity index (χ2n) is 6.83. The van der Waals surface area contributed by atoms with E-state index in [9.17, 15) is 14.0 Å². The van der Waals surface area contributed by atoms with Gasteiger partial charge in [-0.05, 0) is 37.0 Å². The number of carbonyl (C=O) groups is 2. The van der Waals surface area contributed by atoms with Crippen LogP contribution < -0.4 is 0 Å². The van der Waals surface area contributed by atoms with Gasteiger partial charge in [0.25, 0.3) is 0 Å². The largest absolute Gasteiger partial charge is 0.478 e. The van der Waals surface area contributed by atoms with E-state index in [4.69, 9.17) is 5.11 Å². The van der Waals surface area contributed by atoms with Gasteiger partial charge in [-0.25, -0.2) is 9.18 Å². The molecular formula is C19H22FN3O3. The lowest BCUT2D eigenvalue weighted by Crippen LogP contribution is -2.43. The summed E-state index contributed by atoms with van der Waals surface area (Å²) in [4.78, 5) is 25.6. The summed E-state index contributed by atoms with van der Waals surface area (Å²) >= 11 is 0. The molecule has 0 aliphatic carbocycles. The molecule has 1 aliphatic heterocycles. The Kier molecular flexibility index (Phi) is 5.35. The van der Waals surface area contributed by atoms with Crippen LogP contribution >= 0.6 is 0 Å². The number of piperidine rings is 1. The maximum absolute atomic E-state index is 13.3. The molecule has 0 radical (unpaired) electrons. The van der Waals surface area contributed by atoms with Crippen LogP contribution in [0.2, 0.25) is 0 Å². The molecule has 1 fully saturated rings. The van der Waals surface area contributed by atoms with Crippen LogP contribution in [0.25, 0.3) is 0 Å². The third-order valence-corrected chi connectivity index (χ3v) is 4.78. The number of aromatic carboxylic acids is 1. The van der Waals surface area contributed by atoms with Gasteiger partial charge in [-0.1, -0.05) is 19.1 Å². The van der Waals surface area contributed by atoms with Gasteiger partial charge in [0.05, 0.1) is 17.8 Å². The van der Waals surface area contributed by atoms with Crippen molar-refractivity contribution in [1.82, 2.24) is 14.7 Å². The summed E-state index contributed by atoms with van der Waals surface area (Å²) in [7, 11) is 0. The van der Waals surface area contributed by atoms with Gasteiger partial charge in [0.1, 0.15) is 5.82 Å².